The Morgan fingerprint density at radius 2 is 1.93 bits per heavy atom. The van der Waals surface area contributed by atoms with E-state index in [0.29, 0.717) is 5.89 Å². The lowest BCUT2D eigenvalue weighted by Gasteiger charge is -2.21. The minimum absolute atomic E-state index is 0.226. The molecule has 0 atom stereocenters. The van der Waals surface area contributed by atoms with Crippen LogP contribution < -0.4 is 0 Å². The van der Waals surface area contributed by atoms with Crippen molar-refractivity contribution in [1.82, 2.24) is 29.9 Å². The van der Waals surface area contributed by atoms with E-state index in [4.69, 9.17) is 4.52 Å². The SMILES string of the molecule is CC(C)c1noc(C(C)(C)c2cncc(-c3ccc4c(c3)CCc3nncn3-4)c2)n1. The van der Waals surface area contributed by atoms with Crippen LogP contribution in [0.4, 0.5) is 0 Å². The summed E-state index contributed by atoms with van der Waals surface area (Å²) < 4.78 is 7.66. The molecule has 7 nitrogen and oxygen atoms in total. The molecule has 0 saturated heterocycles. The summed E-state index contributed by atoms with van der Waals surface area (Å²) in [6, 6.07) is 8.68. The van der Waals surface area contributed by atoms with Crippen molar-refractivity contribution in [3.8, 4) is 16.8 Å². The van der Waals surface area contributed by atoms with Gasteiger partial charge in [0, 0.05) is 30.3 Å². The number of fused-ring (bicyclic) bond motifs is 3. The Kier molecular flexibility index (Phi) is 4.27. The van der Waals surface area contributed by atoms with E-state index in [1.54, 1.807) is 6.33 Å². The fourth-order valence-electron chi connectivity index (χ4n) is 3.86. The molecule has 152 valence electrons. The largest absolute Gasteiger partial charge is 0.338 e. The van der Waals surface area contributed by atoms with Gasteiger partial charge in [-0.05, 0) is 55.2 Å². The van der Waals surface area contributed by atoms with E-state index in [9.17, 15) is 0 Å². The van der Waals surface area contributed by atoms with Crippen molar-refractivity contribution >= 4 is 0 Å². The van der Waals surface area contributed by atoms with E-state index in [1.165, 1.54) is 5.56 Å². The van der Waals surface area contributed by atoms with Crippen molar-refractivity contribution in [1.29, 1.82) is 0 Å². The Labute approximate surface area is 175 Å². The van der Waals surface area contributed by atoms with Gasteiger partial charge in [0.25, 0.3) is 0 Å². The maximum Gasteiger partial charge on any atom is 0.236 e. The molecule has 1 aliphatic heterocycles. The molecule has 0 bridgehead atoms. The number of rotatable bonds is 4. The summed E-state index contributed by atoms with van der Waals surface area (Å²) >= 11 is 0. The van der Waals surface area contributed by atoms with E-state index in [2.05, 4.69) is 81.8 Å². The molecular formula is C23H24N6O. The van der Waals surface area contributed by atoms with Crippen LogP contribution in [0.5, 0.6) is 0 Å². The number of pyridine rings is 1. The zero-order valence-corrected chi connectivity index (χ0v) is 17.6. The van der Waals surface area contributed by atoms with Gasteiger partial charge in [-0.15, -0.1) is 10.2 Å². The zero-order chi connectivity index (χ0) is 20.9. The predicted octanol–water partition coefficient (Wildman–Crippen LogP) is 4.26. The molecule has 1 aromatic carbocycles. The molecule has 0 unspecified atom stereocenters. The number of benzene rings is 1. The second-order valence-electron chi connectivity index (χ2n) is 8.66. The molecular weight excluding hydrogens is 376 g/mol. The molecule has 0 saturated carbocycles. The van der Waals surface area contributed by atoms with E-state index in [0.717, 1.165) is 46.9 Å². The fraction of sp³-hybridized carbons (Fsp3) is 0.348. The van der Waals surface area contributed by atoms with Crippen LogP contribution in [0, 0.1) is 0 Å². The second kappa shape index (κ2) is 6.86. The van der Waals surface area contributed by atoms with Crippen LogP contribution in [0.3, 0.4) is 0 Å². The highest BCUT2D eigenvalue weighted by atomic mass is 16.5. The highest BCUT2D eigenvalue weighted by molar-refractivity contribution is 5.67. The highest BCUT2D eigenvalue weighted by Gasteiger charge is 2.31. The number of hydrogen-bond donors (Lipinski definition) is 0. The van der Waals surface area contributed by atoms with Crippen molar-refractivity contribution in [3.05, 3.63) is 71.7 Å². The van der Waals surface area contributed by atoms with Gasteiger partial charge in [0.15, 0.2) is 5.82 Å². The van der Waals surface area contributed by atoms with Crippen LogP contribution in [0.1, 0.15) is 62.3 Å². The monoisotopic (exact) mass is 400 g/mol. The summed E-state index contributed by atoms with van der Waals surface area (Å²) in [5.41, 5.74) is 5.27. The van der Waals surface area contributed by atoms with Crippen molar-refractivity contribution in [2.45, 2.75) is 51.9 Å². The van der Waals surface area contributed by atoms with Crippen LogP contribution >= 0.6 is 0 Å². The van der Waals surface area contributed by atoms with Crippen LogP contribution in [-0.2, 0) is 18.3 Å². The third-order valence-corrected chi connectivity index (χ3v) is 5.86. The Hall–Kier alpha value is -3.35. The molecule has 0 amide bonds. The Bertz CT molecular complexity index is 1220. The standard InChI is InChI=1S/C23H24N6O/c1-14(2)21-26-22(30-28-21)23(3,4)18-10-17(11-24-12-18)15-5-7-19-16(9-15)6-8-20-27-25-13-29(19)20/h5,7,9-14H,6,8H2,1-4H3. The first-order valence-electron chi connectivity index (χ1n) is 10.3. The quantitative estimate of drug-likeness (QED) is 0.509. The number of aryl methyl sites for hydroxylation is 2. The number of aromatic nitrogens is 6. The average molecular weight is 400 g/mol. The van der Waals surface area contributed by atoms with Crippen LogP contribution in [0.25, 0.3) is 16.8 Å². The summed E-state index contributed by atoms with van der Waals surface area (Å²) in [7, 11) is 0. The Morgan fingerprint density at radius 1 is 1.07 bits per heavy atom. The summed E-state index contributed by atoms with van der Waals surface area (Å²) in [6.45, 7) is 8.29. The lowest BCUT2D eigenvalue weighted by atomic mass is 9.84. The first-order chi connectivity index (χ1) is 14.4. The molecule has 0 aliphatic carbocycles. The predicted molar refractivity (Wildman–Crippen MR) is 113 cm³/mol. The summed E-state index contributed by atoms with van der Waals surface area (Å²) in [5.74, 6) is 2.58. The molecule has 7 heteroatoms. The van der Waals surface area contributed by atoms with E-state index in [-0.39, 0.29) is 5.92 Å². The van der Waals surface area contributed by atoms with Crippen LogP contribution in [0.15, 0.2) is 47.5 Å². The number of nitrogens with zero attached hydrogens (tertiary/aromatic N) is 6. The highest BCUT2D eigenvalue weighted by Crippen LogP contribution is 2.34. The van der Waals surface area contributed by atoms with Gasteiger partial charge in [0.2, 0.25) is 5.89 Å². The second-order valence-corrected chi connectivity index (χ2v) is 8.66. The lowest BCUT2D eigenvalue weighted by molar-refractivity contribution is 0.328. The van der Waals surface area contributed by atoms with Gasteiger partial charge in [-0.3, -0.25) is 9.55 Å². The Balaban J connectivity index is 1.51. The van der Waals surface area contributed by atoms with Gasteiger partial charge < -0.3 is 4.52 Å². The molecule has 0 radical (unpaired) electrons. The molecule has 4 heterocycles. The van der Waals surface area contributed by atoms with Crippen molar-refractivity contribution in [2.24, 2.45) is 0 Å². The van der Waals surface area contributed by atoms with Gasteiger partial charge in [-0.2, -0.15) is 4.98 Å². The maximum atomic E-state index is 5.59. The molecule has 0 spiro atoms. The molecule has 0 N–H and O–H groups in total. The summed E-state index contributed by atoms with van der Waals surface area (Å²) in [4.78, 5) is 9.13. The van der Waals surface area contributed by atoms with Crippen LogP contribution in [-0.4, -0.2) is 29.9 Å². The zero-order valence-electron chi connectivity index (χ0n) is 17.6. The van der Waals surface area contributed by atoms with Gasteiger partial charge in [0.1, 0.15) is 12.2 Å². The molecule has 1 aliphatic rings. The van der Waals surface area contributed by atoms with Crippen molar-refractivity contribution < 1.29 is 4.52 Å². The Morgan fingerprint density at radius 3 is 2.73 bits per heavy atom. The van der Waals surface area contributed by atoms with Crippen LogP contribution in [0.2, 0.25) is 0 Å². The first kappa shape index (κ1) is 18.7. The third-order valence-electron chi connectivity index (χ3n) is 5.86. The maximum absolute atomic E-state index is 5.59. The minimum Gasteiger partial charge on any atom is -0.338 e. The number of hydrogen-bond acceptors (Lipinski definition) is 6. The van der Waals surface area contributed by atoms with E-state index < -0.39 is 5.41 Å². The normalized spacial score (nSPS) is 13.4. The van der Waals surface area contributed by atoms with Gasteiger partial charge in [-0.1, -0.05) is 25.1 Å². The fourth-order valence-corrected chi connectivity index (χ4v) is 3.86. The topological polar surface area (TPSA) is 82.5 Å². The molecule has 30 heavy (non-hydrogen) atoms. The van der Waals surface area contributed by atoms with Gasteiger partial charge >= 0.3 is 0 Å². The summed E-state index contributed by atoms with van der Waals surface area (Å²) in [5, 5.41) is 12.4. The smallest absolute Gasteiger partial charge is 0.236 e. The van der Waals surface area contributed by atoms with Crippen molar-refractivity contribution in [3.63, 3.8) is 0 Å². The molecule has 5 rings (SSSR count). The van der Waals surface area contributed by atoms with Gasteiger partial charge in [0.05, 0.1) is 11.1 Å². The molecule has 3 aromatic heterocycles. The first-order valence-corrected chi connectivity index (χ1v) is 10.3. The minimum atomic E-state index is -0.436. The van der Waals surface area contributed by atoms with Crippen molar-refractivity contribution in [2.75, 3.05) is 0 Å². The molecule has 4 aromatic rings. The van der Waals surface area contributed by atoms with Gasteiger partial charge in [-0.25, -0.2) is 0 Å². The lowest BCUT2D eigenvalue weighted by Crippen LogP contribution is -2.20. The van der Waals surface area contributed by atoms with E-state index >= 15 is 0 Å². The summed E-state index contributed by atoms with van der Waals surface area (Å²) in [6.07, 6.45) is 7.43. The third kappa shape index (κ3) is 3.01. The molecule has 0 fully saturated rings. The average Bonchev–Trinajstić information content (AvgIpc) is 3.43. The van der Waals surface area contributed by atoms with E-state index in [1.807, 2.05) is 12.4 Å².